The molecule has 7 heteroatoms. The van der Waals surface area contributed by atoms with Crippen LogP contribution < -0.4 is 10.6 Å². The highest BCUT2D eigenvalue weighted by molar-refractivity contribution is 6.30. The largest absolute Gasteiger partial charge is 0.354 e. The molecule has 1 heterocycles. The molecule has 0 aliphatic carbocycles. The van der Waals surface area contributed by atoms with E-state index in [1.807, 2.05) is 50.2 Å². The quantitative estimate of drug-likeness (QED) is 0.755. The van der Waals surface area contributed by atoms with Crippen molar-refractivity contribution < 1.29 is 4.79 Å². The molecule has 0 saturated heterocycles. The smallest absolute Gasteiger partial charge is 0.270 e. The van der Waals surface area contributed by atoms with Crippen molar-refractivity contribution in [1.29, 1.82) is 0 Å². The Bertz CT molecular complexity index is 720. The lowest BCUT2D eigenvalue weighted by Crippen LogP contribution is -2.32. The lowest BCUT2D eigenvalue weighted by Gasteiger charge is -2.11. The van der Waals surface area contributed by atoms with E-state index in [1.165, 1.54) is 0 Å². The summed E-state index contributed by atoms with van der Waals surface area (Å²) in [5.41, 5.74) is 2.25. The summed E-state index contributed by atoms with van der Waals surface area (Å²) in [6.07, 6.45) is 0.794. The molecular formula is C18H24ClN5O. The van der Waals surface area contributed by atoms with Crippen molar-refractivity contribution in [3.05, 3.63) is 52.3 Å². The van der Waals surface area contributed by atoms with Gasteiger partial charge in [0.15, 0.2) is 0 Å². The average molecular weight is 362 g/mol. The maximum Gasteiger partial charge on any atom is 0.270 e. The van der Waals surface area contributed by atoms with E-state index in [-0.39, 0.29) is 5.91 Å². The van der Waals surface area contributed by atoms with Gasteiger partial charge in [-0.05, 0) is 51.2 Å². The summed E-state index contributed by atoms with van der Waals surface area (Å²) in [6.45, 7) is 3.86. The maximum absolute atomic E-state index is 12.2. The molecule has 0 bridgehead atoms. The lowest BCUT2D eigenvalue weighted by atomic mass is 10.1. The summed E-state index contributed by atoms with van der Waals surface area (Å²) < 4.78 is 0. The number of carbonyl (C=O) groups is 1. The third kappa shape index (κ3) is 6.68. The minimum atomic E-state index is -0.190. The summed E-state index contributed by atoms with van der Waals surface area (Å²) in [5.74, 6) is 0.269. The van der Waals surface area contributed by atoms with Gasteiger partial charge in [0.25, 0.3) is 5.91 Å². The zero-order valence-electron chi connectivity index (χ0n) is 14.8. The van der Waals surface area contributed by atoms with E-state index >= 15 is 0 Å². The van der Waals surface area contributed by atoms with E-state index in [9.17, 15) is 4.79 Å². The van der Waals surface area contributed by atoms with Gasteiger partial charge in [-0.3, -0.25) is 4.79 Å². The first-order valence-corrected chi connectivity index (χ1v) is 8.59. The first-order valence-electron chi connectivity index (χ1n) is 8.21. The topological polar surface area (TPSA) is 70.2 Å². The van der Waals surface area contributed by atoms with Crippen LogP contribution in [0.4, 0.5) is 5.95 Å². The Morgan fingerprint density at radius 1 is 1.20 bits per heavy atom. The summed E-state index contributed by atoms with van der Waals surface area (Å²) in [6, 6.07) is 9.42. The standard InChI is InChI=1S/C18H24ClN5O/c1-13-11-16(17(25)20-9-10-24(2)3)23-18(22-13)21-8-7-14-5-4-6-15(19)12-14/h4-6,11-12H,7-10H2,1-3H3,(H,20,25)(H,21,22,23). The molecule has 0 unspecified atom stereocenters. The van der Waals surface area contributed by atoms with Crippen molar-refractivity contribution in [3.8, 4) is 0 Å². The highest BCUT2D eigenvalue weighted by atomic mass is 35.5. The molecule has 2 rings (SSSR count). The third-order valence-electron chi connectivity index (χ3n) is 3.52. The Balaban J connectivity index is 1.92. The molecule has 1 amide bonds. The van der Waals surface area contributed by atoms with Crippen LogP contribution in [-0.4, -0.2) is 54.5 Å². The first kappa shape index (κ1) is 19.1. The molecule has 0 radical (unpaired) electrons. The second-order valence-electron chi connectivity index (χ2n) is 6.08. The van der Waals surface area contributed by atoms with Gasteiger partial charge in [-0.1, -0.05) is 23.7 Å². The molecule has 1 aromatic carbocycles. The van der Waals surface area contributed by atoms with Gasteiger partial charge in [-0.15, -0.1) is 0 Å². The van der Waals surface area contributed by atoms with Gasteiger partial charge in [-0.2, -0.15) is 0 Å². The zero-order valence-corrected chi connectivity index (χ0v) is 15.6. The number of anilines is 1. The van der Waals surface area contributed by atoms with Gasteiger partial charge < -0.3 is 15.5 Å². The SMILES string of the molecule is Cc1cc(C(=O)NCCN(C)C)nc(NCCc2cccc(Cl)c2)n1. The third-order valence-corrected chi connectivity index (χ3v) is 3.75. The van der Waals surface area contributed by atoms with Crippen LogP contribution in [0.25, 0.3) is 0 Å². The van der Waals surface area contributed by atoms with Crippen molar-refractivity contribution in [1.82, 2.24) is 20.2 Å². The number of amides is 1. The Morgan fingerprint density at radius 2 is 2.00 bits per heavy atom. The predicted octanol–water partition coefficient (Wildman–Crippen LogP) is 2.38. The molecule has 25 heavy (non-hydrogen) atoms. The van der Waals surface area contributed by atoms with Crippen molar-refractivity contribution in [3.63, 3.8) is 0 Å². The summed E-state index contributed by atoms with van der Waals surface area (Å²) >= 11 is 5.99. The number of hydrogen-bond acceptors (Lipinski definition) is 5. The highest BCUT2D eigenvalue weighted by Crippen LogP contribution is 2.11. The Morgan fingerprint density at radius 3 is 2.72 bits per heavy atom. The number of halogens is 1. The number of nitrogens with zero attached hydrogens (tertiary/aromatic N) is 3. The number of rotatable bonds is 8. The molecule has 2 aromatic rings. The number of aryl methyl sites for hydroxylation is 1. The second-order valence-corrected chi connectivity index (χ2v) is 6.52. The van der Waals surface area contributed by atoms with Crippen LogP contribution in [-0.2, 0) is 6.42 Å². The van der Waals surface area contributed by atoms with E-state index in [4.69, 9.17) is 11.6 Å². The van der Waals surface area contributed by atoms with Gasteiger partial charge in [0.05, 0.1) is 0 Å². The van der Waals surface area contributed by atoms with E-state index < -0.39 is 0 Å². The van der Waals surface area contributed by atoms with E-state index in [0.29, 0.717) is 24.7 Å². The summed E-state index contributed by atoms with van der Waals surface area (Å²) in [7, 11) is 3.92. The number of carbonyl (C=O) groups excluding carboxylic acids is 1. The minimum Gasteiger partial charge on any atom is -0.354 e. The molecule has 0 aliphatic heterocycles. The maximum atomic E-state index is 12.2. The van der Waals surface area contributed by atoms with Gasteiger partial charge in [0.2, 0.25) is 5.95 Å². The second kappa shape index (κ2) is 9.34. The van der Waals surface area contributed by atoms with Crippen LogP contribution in [0.1, 0.15) is 21.7 Å². The zero-order chi connectivity index (χ0) is 18.2. The highest BCUT2D eigenvalue weighted by Gasteiger charge is 2.10. The van der Waals surface area contributed by atoms with Gasteiger partial charge in [0.1, 0.15) is 5.69 Å². The Hall–Kier alpha value is -2.18. The molecular weight excluding hydrogens is 338 g/mol. The lowest BCUT2D eigenvalue weighted by molar-refractivity contribution is 0.0946. The normalized spacial score (nSPS) is 10.8. The molecule has 0 aliphatic rings. The number of nitrogens with one attached hydrogen (secondary N) is 2. The minimum absolute atomic E-state index is 0.190. The number of benzene rings is 1. The van der Waals surface area contributed by atoms with E-state index in [0.717, 1.165) is 29.2 Å². The van der Waals surface area contributed by atoms with Gasteiger partial charge in [-0.25, -0.2) is 9.97 Å². The van der Waals surface area contributed by atoms with Crippen LogP contribution in [0.3, 0.4) is 0 Å². The Kier molecular flexibility index (Phi) is 7.16. The molecule has 0 saturated carbocycles. The fourth-order valence-corrected chi connectivity index (χ4v) is 2.47. The van der Waals surface area contributed by atoms with E-state index in [2.05, 4.69) is 20.6 Å². The van der Waals surface area contributed by atoms with Crippen molar-refractivity contribution in [2.75, 3.05) is 39.0 Å². The van der Waals surface area contributed by atoms with Crippen molar-refractivity contribution in [2.45, 2.75) is 13.3 Å². The summed E-state index contributed by atoms with van der Waals surface area (Å²) in [5, 5.41) is 6.75. The van der Waals surface area contributed by atoms with E-state index in [1.54, 1.807) is 6.07 Å². The van der Waals surface area contributed by atoms with Crippen LogP contribution in [0.2, 0.25) is 5.02 Å². The van der Waals surface area contributed by atoms with Crippen LogP contribution in [0.15, 0.2) is 30.3 Å². The van der Waals surface area contributed by atoms with Crippen LogP contribution in [0, 0.1) is 6.92 Å². The molecule has 1 aromatic heterocycles. The Labute approximate surface area is 153 Å². The molecule has 0 spiro atoms. The fraction of sp³-hybridized carbons (Fsp3) is 0.389. The molecule has 0 fully saturated rings. The number of likely N-dealkylation sites (N-methyl/N-ethyl adjacent to an activating group) is 1. The van der Waals surface area contributed by atoms with Crippen molar-refractivity contribution >= 4 is 23.5 Å². The van der Waals surface area contributed by atoms with Gasteiger partial charge in [0, 0.05) is 30.4 Å². The molecule has 6 nitrogen and oxygen atoms in total. The van der Waals surface area contributed by atoms with Crippen LogP contribution in [0.5, 0.6) is 0 Å². The molecule has 134 valence electrons. The van der Waals surface area contributed by atoms with Gasteiger partial charge >= 0.3 is 0 Å². The van der Waals surface area contributed by atoms with Crippen LogP contribution >= 0.6 is 11.6 Å². The number of aromatic nitrogens is 2. The monoisotopic (exact) mass is 361 g/mol. The number of hydrogen-bond donors (Lipinski definition) is 2. The summed E-state index contributed by atoms with van der Waals surface area (Å²) in [4.78, 5) is 22.9. The average Bonchev–Trinajstić information content (AvgIpc) is 2.54. The molecule has 0 atom stereocenters. The molecule has 2 N–H and O–H groups in total. The first-order chi connectivity index (χ1) is 11.9. The van der Waals surface area contributed by atoms with Crippen molar-refractivity contribution in [2.24, 2.45) is 0 Å². The fourth-order valence-electron chi connectivity index (χ4n) is 2.26. The predicted molar refractivity (Wildman–Crippen MR) is 101 cm³/mol.